The van der Waals surface area contributed by atoms with Gasteiger partial charge >= 0.3 is 18.2 Å². The van der Waals surface area contributed by atoms with E-state index in [-0.39, 0.29) is 18.4 Å². The van der Waals surface area contributed by atoms with E-state index in [0.29, 0.717) is 27.7 Å². The third-order valence-corrected chi connectivity index (χ3v) is 6.76. The highest BCUT2D eigenvalue weighted by Gasteiger charge is 2.50. The molecule has 0 radical (unpaired) electrons. The first kappa shape index (κ1) is 28.6. The lowest BCUT2D eigenvalue weighted by atomic mass is 9.93. The minimum Gasteiger partial charge on any atom is -0.475 e. The lowest BCUT2D eigenvalue weighted by Crippen LogP contribution is -2.44. The summed E-state index contributed by atoms with van der Waals surface area (Å²) in [5.74, 6) is -2.80. The Morgan fingerprint density at radius 2 is 1.77 bits per heavy atom. The van der Waals surface area contributed by atoms with E-state index in [1.54, 1.807) is 42.5 Å². The quantitative estimate of drug-likeness (QED) is 0.252. The van der Waals surface area contributed by atoms with E-state index >= 15 is 0 Å². The summed E-state index contributed by atoms with van der Waals surface area (Å²) in [7, 11) is 1.26. The van der Waals surface area contributed by atoms with Crippen LogP contribution in [0.2, 0.25) is 0 Å². The van der Waals surface area contributed by atoms with Crippen molar-refractivity contribution in [2.24, 2.45) is 0 Å². The molecule has 1 aromatic heterocycles. The normalized spacial score (nSPS) is 16.2. The van der Waals surface area contributed by atoms with E-state index in [1.807, 2.05) is 24.3 Å². The molecule has 1 aliphatic rings. The average molecular weight is 621 g/mol. The summed E-state index contributed by atoms with van der Waals surface area (Å²) < 4.78 is 37.2. The summed E-state index contributed by atoms with van der Waals surface area (Å²) in [6, 6.07) is 19.8. The van der Waals surface area contributed by atoms with E-state index in [2.05, 4.69) is 36.0 Å². The van der Waals surface area contributed by atoms with Gasteiger partial charge in [0.1, 0.15) is 0 Å². The Hall–Kier alpha value is -4.43. The molecule has 0 saturated heterocycles. The lowest BCUT2D eigenvalue weighted by Gasteiger charge is -2.35. The van der Waals surface area contributed by atoms with Crippen molar-refractivity contribution in [3.8, 4) is 0 Å². The highest BCUT2D eigenvalue weighted by molar-refractivity contribution is 9.10. The van der Waals surface area contributed by atoms with Gasteiger partial charge in [-0.15, -0.1) is 0 Å². The predicted octanol–water partition coefficient (Wildman–Crippen LogP) is 4.99. The molecule has 2 heterocycles. The third kappa shape index (κ3) is 5.49. The van der Waals surface area contributed by atoms with E-state index < -0.39 is 24.0 Å². The van der Waals surface area contributed by atoms with Crippen molar-refractivity contribution in [2.75, 3.05) is 12.4 Å². The molecule has 1 aliphatic heterocycles. The standard InChI is InChI=1S/C24H19BrN4O4.C2HF3O2/c1-33-23(31)28-22-26-19-11-10-15(12-20(19)27-22)24(32)17-8-4-3-7-16(17)21(30)29(24)13-14-6-2-5-9-18(14)25;3-2(4,5)1(6)7/h2-12,32H,13H2,1H3,(H2,26,27,28,31);(H,6,7). The fourth-order valence-corrected chi connectivity index (χ4v) is 4.55. The molecule has 1 atom stereocenters. The highest BCUT2D eigenvalue weighted by atomic mass is 79.9. The minimum absolute atomic E-state index is 0.196. The number of carbonyl (C=O) groups excluding carboxylic acids is 2. The second-order valence-corrected chi connectivity index (χ2v) is 9.29. The van der Waals surface area contributed by atoms with Gasteiger partial charge in [0.25, 0.3) is 5.91 Å². The summed E-state index contributed by atoms with van der Waals surface area (Å²) in [6.45, 7) is 0.196. The molecule has 4 aromatic rings. The summed E-state index contributed by atoms with van der Waals surface area (Å²) in [5.41, 5.74) is 1.79. The van der Waals surface area contributed by atoms with Crippen LogP contribution in [0.4, 0.5) is 23.9 Å². The van der Waals surface area contributed by atoms with E-state index in [0.717, 1.165) is 10.0 Å². The molecule has 0 fully saturated rings. The number of methoxy groups -OCH3 is 1. The highest BCUT2D eigenvalue weighted by Crippen LogP contribution is 2.44. The largest absolute Gasteiger partial charge is 0.490 e. The molecule has 1 unspecified atom stereocenters. The Balaban J connectivity index is 0.000000470. The van der Waals surface area contributed by atoms with Gasteiger partial charge in [-0.2, -0.15) is 13.2 Å². The SMILES string of the molecule is COC(=O)Nc1nc2ccc(C3(O)c4ccccc4C(=O)N3Cc3ccccc3Br)cc2[nH]1.O=C(O)C(F)(F)F. The van der Waals surface area contributed by atoms with Crippen LogP contribution in [-0.2, 0) is 21.8 Å². The van der Waals surface area contributed by atoms with Crippen molar-refractivity contribution in [2.45, 2.75) is 18.4 Å². The zero-order valence-electron chi connectivity index (χ0n) is 20.5. The number of hydrogen-bond donors (Lipinski definition) is 4. The monoisotopic (exact) mass is 620 g/mol. The molecule has 0 spiro atoms. The Morgan fingerprint density at radius 1 is 1.12 bits per heavy atom. The number of nitrogens with zero attached hydrogens (tertiary/aromatic N) is 2. The summed E-state index contributed by atoms with van der Waals surface area (Å²) in [6.07, 6.45) is -5.73. The van der Waals surface area contributed by atoms with Crippen LogP contribution in [0, 0.1) is 0 Å². The first-order valence-electron chi connectivity index (χ1n) is 11.4. The zero-order chi connectivity index (χ0) is 29.2. The van der Waals surface area contributed by atoms with Gasteiger partial charge < -0.3 is 19.9 Å². The Bertz CT molecular complexity index is 1610. The molecular weight excluding hydrogens is 601 g/mol. The maximum absolute atomic E-state index is 13.4. The molecule has 40 heavy (non-hydrogen) atoms. The van der Waals surface area contributed by atoms with Gasteiger partial charge in [0.15, 0.2) is 5.72 Å². The van der Waals surface area contributed by atoms with Crippen LogP contribution in [0.5, 0.6) is 0 Å². The number of amides is 2. The van der Waals surface area contributed by atoms with Crippen LogP contribution in [0.15, 0.2) is 71.2 Å². The average Bonchev–Trinajstić information content (AvgIpc) is 3.41. The second-order valence-electron chi connectivity index (χ2n) is 8.44. The van der Waals surface area contributed by atoms with E-state index in [1.165, 1.54) is 12.0 Å². The Morgan fingerprint density at radius 3 is 2.42 bits per heavy atom. The number of anilines is 1. The number of aromatic amines is 1. The van der Waals surface area contributed by atoms with Crippen LogP contribution in [0.1, 0.15) is 27.0 Å². The topological polar surface area (TPSA) is 145 Å². The number of H-pyrrole nitrogens is 1. The van der Waals surface area contributed by atoms with Gasteiger partial charge in [-0.3, -0.25) is 15.0 Å². The van der Waals surface area contributed by atoms with E-state index in [4.69, 9.17) is 9.90 Å². The van der Waals surface area contributed by atoms with Crippen molar-refractivity contribution >= 4 is 50.9 Å². The molecule has 0 saturated carbocycles. The number of imidazole rings is 1. The molecule has 2 amide bonds. The Labute approximate surface area is 232 Å². The number of halogens is 4. The molecule has 0 bridgehead atoms. The van der Waals surface area contributed by atoms with Crippen LogP contribution in [0.25, 0.3) is 11.0 Å². The minimum atomic E-state index is -5.08. The van der Waals surface area contributed by atoms with Gasteiger partial charge in [-0.05, 0) is 29.8 Å². The van der Waals surface area contributed by atoms with Crippen molar-refractivity contribution in [3.05, 3.63) is 93.5 Å². The maximum Gasteiger partial charge on any atom is 0.490 e. The number of carboxylic acid groups (broad SMARTS) is 1. The number of carbonyl (C=O) groups is 3. The van der Waals surface area contributed by atoms with Gasteiger partial charge in [0, 0.05) is 21.2 Å². The summed E-state index contributed by atoms with van der Waals surface area (Å²) >= 11 is 3.54. The zero-order valence-corrected chi connectivity index (χ0v) is 22.1. The number of aromatic nitrogens is 2. The molecule has 0 aliphatic carbocycles. The number of benzene rings is 3. The summed E-state index contributed by atoms with van der Waals surface area (Å²) in [5, 5.41) is 21.7. The number of alkyl halides is 3. The molecule has 3 aromatic carbocycles. The van der Waals surface area contributed by atoms with Crippen molar-refractivity contribution < 1.29 is 42.5 Å². The van der Waals surface area contributed by atoms with Crippen molar-refractivity contribution in [1.29, 1.82) is 0 Å². The van der Waals surface area contributed by atoms with Gasteiger partial charge in [-0.1, -0.05) is 58.4 Å². The fourth-order valence-electron chi connectivity index (χ4n) is 4.14. The van der Waals surface area contributed by atoms with Crippen LogP contribution in [0.3, 0.4) is 0 Å². The number of ether oxygens (including phenoxy) is 1. The number of hydrogen-bond acceptors (Lipinski definition) is 6. The van der Waals surface area contributed by atoms with Crippen LogP contribution < -0.4 is 5.32 Å². The van der Waals surface area contributed by atoms with Crippen LogP contribution >= 0.6 is 15.9 Å². The summed E-state index contributed by atoms with van der Waals surface area (Å²) in [4.78, 5) is 42.6. The molecule has 5 rings (SSSR count). The van der Waals surface area contributed by atoms with Crippen molar-refractivity contribution in [3.63, 3.8) is 0 Å². The van der Waals surface area contributed by atoms with E-state index in [9.17, 15) is 27.9 Å². The second kappa shape index (κ2) is 11.0. The number of rotatable bonds is 4. The number of aliphatic carboxylic acids is 1. The fraction of sp³-hybridized carbons (Fsp3) is 0.154. The van der Waals surface area contributed by atoms with Crippen molar-refractivity contribution in [1.82, 2.24) is 14.9 Å². The smallest absolute Gasteiger partial charge is 0.475 e. The molecule has 10 nitrogen and oxygen atoms in total. The first-order chi connectivity index (χ1) is 18.9. The molecule has 4 N–H and O–H groups in total. The van der Waals surface area contributed by atoms with Crippen LogP contribution in [-0.4, -0.2) is 56.3 Å². The molecular formula is C26H20BrF3N4O6. The number of nitrogens with one attached hydrogen (secondary N) is 2. The van der Waals surface area contributed by atoms with Gasteiger partial charge in [-0.25, -0.2) is 14.6 Å². The third-order valence-electron chi connectivity index (χ3n) is 5.99. The Kier molecular flexibility index (Phi) is 7.84. The van der Waals surface area contributed by atoms with Gasteiger partial charge in [0.05, 0.1) is 24.7 Å². The number of fused-ring (bicyclic) bond motifs is 2. The molecule has 14 heteroatoms. The number of aliphatic hydroxyl groups is 1. The van der Waals surface area contributed by atoms with Gasteiger partial charge in [0.2, 0.25) is 5.95 Å². The maximum atomic E-state index is 13.4. The number of carboxylic acids is 1. The first-order valence-corrected chi connectivity index (χ1v) is 12.2. The predicted molar refractivity (Wildman–Crippen MR) is 139 cm³/mol. The molecule has 208 valence electrons. The lowest BCUT2D eigenvalue weighted by molar-refractivity contribution is -0.192.